The van der Waals surface area contributed by atoms with Crippen LogP contribution in [0.4, 0.5) is 0 Å². The van der Waals surface area contributed by atoms with Gasteiger partial charge in [0.2, 0.25) is 5.91 Å². The molecule has 1 aliphatic rings. The maximum Gasteiger partial charge on any atom is 0.234 e. The predicted molar refractivity (Wildman–Crippen MR) is 62.7 cm³/mol. The first kappa shape index (κ1) is 14.4. The summed E-state index contributed by atoms with van der Waals surface area (Å²) in [5.41, 5.74) is 0. The second-order valence-corrected chi connectivity index (χ2v) is 4.42. The normalized spacial score (nSPS) is 22.6. The Morgan fingerprint density at radius 3 is 2.88 bits per heavy atom. The molecule has 0 bridgehead atoms. The molecule has 0 aliphatic carbocycles. The highest BCUT2D eigenvalue weighted by molar-refractivity contribution is 5.77. The summed E-state index contributed by atoms with van der Waals surface area (Å²) >= 11 is 0. The third-order valence-corrected chi connectivity index (χ3v) is 2.36. The first-order valence-corrected chi connectivity index (χ1v) is 5.81. The monoisotopic (exact) mass is 246 g/mol. The van der Waals surface area contributed by atoms with E-state index >= 15 is 0 Å². The lowest BCUT2D eigenvalue weighted by atomic mass is 10.3. The minimum absolute atomic E-state index is 0.0468. The molecule has 1 heterocycles. The van der Waals surface area contributed by atoms with Crippen LogP contribution in [0.3, 0.4) is 0 Å². The molecule has 1 aliphatic heterocycles. The topological polar surface area (TPSA) is 68.8 Å². The van der Waals surface area contributed by atoms with Gasteiger partial charge in [-0.15, -0.1) is 0 Å². The van der Waals surface area contributed by atoms with Gasteiger partial charge in [0.25, 0.3) is 0 Å². The first-order valence-electron chi connectivity index (χ1n) is 5.81. The Bertz CT molecular complexity index is 246. The molecule has 6 nitrogen and oxygen atoms in total. The Morgan fingerprint density at radius 2 is 2.29 bits per heavy atom. The van der Waals surface area contributed by atoms with E-state index in [1.165, 1.54) is 0 Å². The van der Waals surface area contributed by atoms with E-state index in [4.69, 9.17) is 14.2 Å². The summed E-state index contributed by atoms with van der Waals surface area (Å²) in [6, 6.07) is 0. The molecule has 1 amide bonds. The molecule has 1 atom stereocenters. The van der Waals surface area contributed by atoms with Gasteiger partial charge in [-0.1, -0.05) is 0 Å². The lowest BCUT2D eigenvalue weighted by molar-refractivity contribution is -0.139. The largest absolute Gasteiger partial charge is 0.383 e. The lowest BCUT2D eigenvalue weighted by Gasteiger charge is -2.17. The van der Waals surface area contributed by atoms with Crippen LogP contribution in [0, 0.1) is 0 Å². The van der Waals surface area contributed by atoms with Gasteiger partial charge >= 0.3 is 0 Å². The van der Waals surface area contributed by atoms with Crippen molar-refractivity contribution >= 4 is 5.91 Å². The van der Waals surface area contributed by atoms with Crippen molar-refractivity contribution in [2.75, 3.05) is 40.0 Å². The van der Waals surface area contributed by atoms with Crippen LogP contribution in [0.2, 0.25) is 0 Å². The molecule has 6 heteroatoms. The molecule has 1 saturated heterocycles. The van der Waals surface area contributed by atoms with Gasteiger partial charge in [-0.05, 0) is 13.8 Å². The van der Waals surface area contributed by atoms with Gasteiger partial charge in [-0.2, -0.15) is 0 Å². The summed E-state index contributed by atoms with van der Waals surface area (Å²) in [7, 11) is 1.63. The molecule has 1 rings (SSSR count). The van der Waals surface area contributed by atoms with Crippen LogP contribution in [-0.4, -0.2) is 57.8 Å². The van der Waals surface area contributed by atoms with Crippen LogP contribution >= 0.6 is 0 Å². The van der Waals surface area contributed by atoms with Crippen molar-refractivity contribution in [1.29, 1.82) is 0 Å². The van der Waals surface area contributed by atoms with Crippen molar-refractivity contribution in [2.24, 2.45) is 0 Å². The summed E-state index contributed by atoms with van der Waals surface area (Å²) < 4.78 is 15.8. The molecule has 2 N–H and O–H groups in total. The summed E-state index contributed by atoms with van der Waals surface area (Å²) in [6.45, 7) is 6.28. The van der Waals surface area contributed by atoms with Crippen LogP contribution in [0.5, 0.6) is 0 Å². The number of methoxy groups -OCH3 is 1. The number of rotatable bonds is 7. The molecular weight excluding hydrogens is 224 g/mol. The van der Waals surface area contributed by atoms with E-state index in [0.717, 1.165) is 0 Å². The van der Waals surface area contributed by atoms with Crippen molar-refractivity contribution in [3.8, 4) is 0 Å². The Morgan fingerprint density at radius 1 is 1.53 bits per heavy atom. The zero-order valence-electron chi connectivity index (χ0n) is 10.7. The fourth-order valence-corrected chi connectivity index (χ4v) is 1.53. The number of hydrogen-bond donors (Lipinski definition) is 2. The van der Waals surface area contributed by atoms with E-state index in [1.54, 1.807) is 7.11 Å². The van der Waals surface area contributed by atoms with Gasteiger partial charge in [0.15, 0.2) is 5.79 Å². The fraction of sp³-hybridized carbons (Fsp3) is 0.909. The molecule has 0 spiro atoms. The molecular formula is C11H22N2O4. The van der Waals surface area contributed by atoms with E-state index in [2.05, 4.69) is 10.6 Å². The molecule has 0 aromatic carbocycles. The zero-order valence-corrected chi connectivity index (χ0v) is 10.7. The highest BCUT2D eigenvalue weighted by Gasteiger charge is 2.32. The zero-order chi connectivity index (χ0) is 12.7. The quantitative estimate of drug-likeness (QED) is 0.592. The Labute approximate surface area is 102 Å². The summed E-state index contributed by atoms with van der Waals surface area (Å²) in [5, 5.41) is 5.76. The van der Waals surface area contributed by atoms with Crippen LogP contribution < -0.4 is 10.6 Å². The molecule has 0 saturated carbocycles. The molecule has 1 fully saturated rings. The van der Waals surface area contributed by atoms with E-state index in [0.29, 0.717) is 32.8 Å². The lowest BCUT2D eigenvalue weighted by Crippen LogP contribution is -2.40. The van der Waals surface area contributed by atoms with Crippen molar-refractivity contribution in [1.82, 2.24) is 10.6 Å². The third kappa shape index (κ3) is 5.97. The minimum atomic E-state index is -0.536. The van der Waals surface area contributed by atoms with Gasteiger partial charge in [-0.3, -0.25) is 4.79 Å². The number of amides is 1. The van der Waals surface area contributed by atoms with Gasteiger partial charge in [-0.25, -0.2) is 0 Å². The van der Waals surface area contributed by atoms with Crippen LogP contribution in [-0.2, 0) is 19.0 Å². The van der Waals surface area contributed by atoms with E-state index in [1.807, 2.05) is 13.8 Å². The maximum absolute atomic E-state index is 11.4. The summed E-state index contributed by atoms with van der Waals surface area (Å²) in [5.74, 6) is -0.582. The predicted octanol–water partition coefficient (Wildman–Crippen LogP) is -0.510. The van der Waals surface area contributed by atoms with Gasteiger partial charge in [0.05, 0.1) is 19.8 Å². The van der Waals surface area contributed by atoms with Crippen molar-refractivity contribution in [3.05, 3.63) is 0 Å². The summed E-state index contributed by atoms with van der Waals surface area (Å²) in [4.78, 5) is 11.4. The molecule has 1 unspecified atom stereocenters. The number of ether oxygens (including phenoxy) is 3. The van der Waals surface area contributed by atoms with E-state index in [-0.39, 0.29) is 12.0 Å². The van der Waals surface area contributed by atoms with Gasteiger partial charge < -0.3 is 24.8 Å². The second kappa shape index (κ2) is 6.90. The second-order valence-electron chi connectivity index (χ2n) is 4.42. The molecule has 0 aromatic rings. The van der Waals surface area contributed by atoms with Crippen LogP contribution in [0.15, 0.2) is 0 Å². The number of hydrogen-bond acceptors (Lipinski definition) is 5. The van der Waals surface area contributed by atoms with Gasteiger partial charge in [0.1, 0.15) is 6.10 Å². The van der Waals surface area contributed by atoms with Gasteiger partial charge in [0, 0.05) is 20.2 Å². The molecule has 17 heavy (non-hydrogen) atoms. The van der Waals surface area contributed by atoms with E-state index in [9.17, 15) is 4.79 Å². The minimum Gasteiger partial charge on any atom is -0.383 e. The van der Waals surface area contributed by atoms with Crippen molar-refractivity contribution < 1.29 is 19.0 Å². The molecule has 100 valence electrons. The van der Waals surface area contributed by atoms with Crippen LogP contribution in [0.25, 0.3) is 0 Å². The standard InChI is InChI=1S/C11H22N2O4/c1-11(2)16-8-9(17-11)6-13-10(14)7-12-4-5-15-3/h9,12H,4-8H2,1-3H3,(H,13,14). The average molecular weight is 246 g/mol. The Hall–Kier alpha value is -0.690. The molecule has 0 aromatic heterocycles. The molecule has 0 radical (unpaired) electrons. The fourth-order valence-electron chi connectivity index (χ4n) is 1.53. The highest BCUT2D eigenvalue weighted by atomic mass is 16.7. The number of nitrogens with one attached hydrogen (secondary N) is 2. The average Bonchev–Trinajstić information content (AvgIpc) is 2.62. The Balaban J connectivity index is 2.04. The Kier molecular flexibility index (Phi) is 5.84. The van der Waals surface area contributed by atoms with Crippen molar-refractivity contribution in [2.45, 2.75) is 25.7 Å². The summed E-state index contributed by atoms with van der Waals surface area (Å²) in [6.07, 6.45) is -0.0621. The van der Waals surface area contributed by atoms with E-state index < -0.39 is 5.79 Å². The SMILES string of the molecule is COCCNCC(=O)NCC1COC(C)(C)O1. The number of carbonyl (C=O) groups is 1. The number of carbonyl (C=O) groups excluding carboxylic acids is 1. The van der Waals surface area contributed by atoms with Crippen LogP contribution in [0.1, 0.15) is 13.8 Å². The third-order valence-electron chi connectivity index (χ3n) is 2.36. The van der Waals surface area contributed by atoms with Crippen molar-refractivity contribution in [3.63, 3.8) is 0 Å². The smallest absolute Gasteiger partial charge is 0.234 e. The highest BCUT2D eigenvalue weighted by Crippen LogP contribution is 2.21. The maximum atomic E-state index is 11.4. The first-order chi connectivity index (χ1) is 8.03.